The lowest BCUT2D eigenvalue weighted by atomic mass is 10.1. The molecular weight excluding hydrogens is 508 g/mol. The molecule has 0 saturated heterocycles. The second-order valence-electron chi connectivity index (χ2n) is 5.12. The zero-order valence-corrected chi connectivity index (χ0v) is 18.0. The van der Waals surface area contributed by atoms with E-state index in [4.69, 9.17) is 0 Å². The summed E-state index contributed by atoms with van der Waals surface area (Å²) in [5.74, 6) is 0. The van der Waals surface area contributed by atoms with Gasteiger partial charge in [-0.3, -0.25) is 4.79 Å². The van der Waals surface area contributed by atoms with Crippen molar-refractivity contribution in [2.45, 2.75) is 0 Å². The smallest absolute Gasteiger partial charge is 0.150 e. The van der Waals surface area contributed by atoms with E-state index < -0.39 is 0 Å². The van der Waals surface area contributed by atoms with Crippen LogP contribution in [0, 0.1) is 0 Å². The topological polar surface area (TPSA) is 17.1 Å². The molecule has 0 fully saturated rings. The molecule has 0 amide bonds. The zero-order chi connectivity index (χ0) is 18.1. The number of rotatable bonds is 3. The van der Waals surface area contributed by atoms with E-state index in [2.05, 4.69) is 84.2 Å². The Bertz CT molecular complexity index is 825. The molecule has 0 radical (unpaired) electrons. The van der Waals surface area contributed by atoms with Crippen LogP contribution < -0.4 is 0 Å². The summed E-state index contributed by atoms with van der Waals surface area (Å²) in [5, 5.41) is 0. The maximum atomic E-state index is 10.1. The third-order valence-corrected chi connectivity index (χ3v) is 4.63. The van der Waals surface area contributed by atoms with Crippen molar-refractivity contribution in [2.75, 3.05) is 0 Å². The van der Waals surface area contributed by atoms with E-state index >= 15 is 0 Å². The standard InChI is InChI=1S/C14H10Br2.C7H5BrO/c15-13-5-1-3-11(9-13)7-8-12-4-2-6-14(16)10-12;8-7-3-1-2-6(4-7)5-9/h1-10H;1-5H/b8-7+;. The van der Waals surface area contributed by atoms with Crippen molar-refractivity contribution in [3.8, 4) is 0 Å². The van der Waals surface area contributed by atoms with Gasteiger partial charge in [-0.1, -0.05) is 96.3 Å². The number of carbonyl (C=O) groups is 1. The summed E-state index contributed by atoms with van der Waals surface area (Å²) < 4.78 is 3.14. The van der Waals surface area contributed by atoms with E-state index in [-0.39, 0.29) is 0 Å². The van der Waals surface area contributed by atoms with Crippen molar-refractivity contribution < 1.29 is 4.79 Å². The van der Waals surface area contributed by atoms with Crippen LogP contribution in [0.15, 0.2) is 86.2 Å². The van der Waals surface area contributed by atoms with Crippen LogP contribution in [0.3, 0.4) is 0 Å². The summed E-state index contributed by atoms with van der Waals surface area (Å²) in [5.41, 5.74) is 3.08. The Kier molecular flexibility index (Phi) is 8.32. The first-order chi connectivity index (χ1) is 12.1. The molecular formula is C21H15Br3O. The van der Waals surface area contributed by atoms with Crippen LogP contribution in [0.1, 0.15) is 21.5 Å². The highest BCUT2D eigenvalue weighted by Crippen LogP contribution is 2.16. The van der Waals surface area contributed by atoms with Gasteiger partial charge in [0.15, 0.2) is 0 Å². The molecule has 25 heavy (non-hydrogen) atoms. The fourth-order valence-corrected chi connectivity index (χ4v) is 3.24. The average molecular weight is 523 g/mol. The van der Waals surface area contributed by atoms with Gasteiger partial charge in [0.05, 0.1) is 0 Å². The van der Waals surface area contributed by atoms with Crippen LogP contribution in [0.2, 0.25) is 0 Å². The minimum Gasteiger partial charge on any atom is -0.298 e. The largest absolute Gasteiger partial charge is 0.298 e. The SMILES string of the molecule is Brc1cccc(/C=C/c2cccc(Br)c2)c1.O=Cc1cccc(Br)c1. The second-order valence-corrected chi connectivity index (χ2v) is 7.86. The number of hydrogen-bond acceptors (Lipinski definition) is 1. The fraction of sp³-hybridized carbons (Fsp3) is 0. The molecule has 126 valence electrons. The summed E-state index contributed by atoms with van der Waals surface area (Å²) in [7, 11) is 0. The Morgan fingerprint density at radius 2 is 0.920 bits per heavy atom. The van der Waals surface area contributed by atoms with E-state index in [0.717, 1.165) is 19.7 Å². The van der Waals surface area contributed by atoms with Crippen molar-refractivity contribution in [3.05, 3.63) is 103 Å². The van der Waals surface area contributed by atoms with Gasteiger partial charge in [0.25, 0.3) is 0 Å². The molecule has 0 aliphatic carbocycles. The van der Waals surface area contributed by atoms with Crippen LogP contribution in [0.4, 0.5) is 0 Å². The number of hydrogen-bond donors (Lipinski definition) is 0. The molecule has 0 saturated carbocycles. The molecule has 4 heteroatoms. The minimum absolute atomic E-state index is 0.698. The molecule has 3 rings (SSSR count). The number of aldehydes is 1. The highest BCUT2D eigenvalue weighted by atomic mass is 79.9. The first kappa shape index (κ1) is 19.8. The van der Waals surface area contributed by atoms with E-state index in [1.807, 2.05) is 36.4 Å². The summed E-state index contributed by atoms with van der Waals surface area (Å²) in [6, 6.07) is 23.7. The first-order valence-corrected chi connectivity index (χ1v) is 9.85. The first-order valence-electron chi connectivity index (χ1n) is 7.47. The molecule has 0 N–H and O–H groups in total. The van der Waals surface area contributed by atoms with E-state index in [1.54, 1.807) is 12.1 Å². The molecule has 1 nitrogen and oxygen atoms in total. The van der Waals surface area contributed by atoms with Gasteiger partial charge in [0, 0.05) is 19.0 Å². The Hall–Kier alpha value is -1.49. The Morgan fingerprint density at radius 3 is 1.24 bits per heavy atom. The monoisotopic (exact) mass is 520 g/mol. The number of benzene rings is 3. The predicted molar refractivity (Wildman–Crippen MR) is 117 cm³/mol. The van der Waals surface area contributed by atoms with Crippen molar-refractivity contribution >= 4 is 66.2 Å². The van der Waals surface area contributed by atoms with E-state index in [0.29, 0.717) is 5.56 Å². The number of halogens is 3. The predicted octanol–water partition coefficient (Wildman–Crippen LogP) is 7.64. The Labute approximate surface area is 173 Å². The Morgan fingerprint density at radius 1 is 0.560 bits per heavy atom. The van der Waals surface area contributed by atoms with Crippen molar-refractivity contribution in [3.63, 3.8) is 0 Å². The van der Waals surface area contributed by atoms with Crippen LogP contribution in [0.25, 0.3) is 12.2 Å². The molecule has 3 aromatic rings. The lowest BCUT2D eigenvalue weighted by Crippen LogP contribution is -1.75. The molecule has 0 unspecified atom stereocenters. The van der Waals surface area contributed by atoms with Crippen LogP contribution in [0.5, 0.6) is 0 Å². The zero-order valence-electron chi connectivity index (χ0n) is 13.2. The normalized spacial score (nSPS) is 10.2. The molecule has 3 aromatic carbocycles. The van der Waals surface area contributed by atoms with Gasteiger partial charge < -0.3 is 0 Å². The maximum Gasteiger partial charge on any atom is 0.150 e. The van der Waals surface area contributed by atoms with Gasteiger partial charge in [0.1, 0.15) is 6.29 Å². The molecule has 0 bridgehead atoms. The molecule has 0 heterocycles. The average Bonchev–Trinajstić information content (AvgIpc) is 2.61. The number of carbonyl (C=O) groups excluding carboxylic acids is 1. The van der Waals surface area contributed by atoms with Gasteiger partial charge in [-0.25, -0.2) is 0 Å². The highest BCUT2D eigenvalue weighted by Gasteiger charge is 1.91. The quantitative estimate of drug-likeness (QED) is 0.255. The fourth-order valence-electron chi connectivity index (χ4n) is 1.99. The highest BCUT2D eigenvalue weighted by molar-refractivity contribution is 9.11. The molecule has 0 aliphatic heterocycles. The Balaban J connectivity index is 0.000000212. The molecule has 0 spiro atoms. The third-order valence-electron chi connectivity index (χ3n) is 3.15. The van der Waals surface area contributed by atoms with Gasteiger partial charge in [-0.15, -0.1) is 0 Å². The summed E-state index contributed by atoms with van der Waals surface area (Å²) in [6.07, 6.45) is 5.03. The van der Waals surface area contributed by atoms with Gasteiger partial charge in [-0.05, 0) is 47.5 Å². The van der Waals surface area contributed by atoms with Crippen molar-refractivity contribution in [1.29, 1.82) is 0 Å². The van der Waals surface area contributed by atoms with Crippen molar-refractivity contribution in [2.24, 2.45) is 0 Å². The summed E-state index contributed by atoms with van der Waals surface area (Å²) >= 11 is 10.2. The maximum absolute atomic E-state index is 10.1. The molecule has 0 atom stereocenters. The third kappa shape index (κ3) is 7.51. The lowest BCUT2D eigenvalue weighted by molar-refractivity contribution is 0.112. The molecule has 0 aliphatic rings. The van der Waals surface area contributed by atoms with Crippen LogP contribution in [-0.2, 0) is 0 Å². The summed E-state index contributed by atoms with van der Waals surface area (Å²) in [6.45, 7) is 0. The van der Waals surface area contributed by atoms with Gasteiger partial charge in [0.2, 0.25) is 0 Å². The molecule has 0 aromatic heterocycles. The van der Waals surface area contributed by atoms with Crippen molar-refractivity contribution in [1.82, 2.24) is 0 Å². The van der Waals surface area contributed by atoms with E-state index in [1.165, 1.54) is 11.1 Å². The van der Waals surface area contributed by atoms with Crippen LogP contribution >= 0.6 is 47.8 Å². The summed E-state index contributed by atoms with van der Waals surface area (Å²) in [4.78, 5) is 10.1. The van der Waals surface area contributed by atoms with E-state index in [9.17, 15) is 4.79 Å². The van der Waals surface area contributed by atoms with Crippen LogP contribution in [-0.4, -0.2) is 6.29 Å². The van der Waals surface area contributed by atoms with Gasteiger partial charge >= 0.3 is 0 Å². The minimum atomic E-state index is 0.698. The lowest BCUT2D eigenvalue weighted by Gasteiger charge is -1.96. The van der Waals surface area contributed by atoms with Gasteiger partial charge in [-0.2, -0.15) is 0 Å². The second kappa shape index (κ2) is 10.5.